The number of amides is 2. The molecule has 0 aromatic carbocycles. The highest BCUT2D eigenvalue weighted by Crippen LogP contribution is 2.31. The van der Waals surface area contributed by atoms with Crippen LogP contribution in [0, 0.1) is 0 Å². The van der Waals surface area contributed by atoms with Gasteiger partial charge < -0.3 is 10.2 Å². The van der Waals surface area contributed by atoms with Crippen molar-refractivity contribution >= 4 is 38.6 Å². The maximum Gasteiger partial charge on any atom is 0.253 e. The molecule has 0 atom stereocenters. The van der Waals surface area contributed by atoms with Crippen LogP contribution in [0.1, 0.15) is 41.7 Å². The van der Waals surface area contributed by atoms with Crippen LogP contribution in [0.3, 0.4) is 0 Å². The van der Waals surface area contributed by atoms with Crippen molar-refractivity contribution in [2.75, 3.05) is 18.4 Å². The molecule has 1 aliphatic rings. The summed E-state index contributed by atoms with van der Waals surface area (Å²) in [5, 5.41) is 3.28. The molecule has 1 fully saturated rings. The monoisotopic (exact) mass is 381 g/mol. The summed E-state index contributed by atoms with van der Waals surface area (Å²) in [5.74, 6) is 0.223. The summed E-state index contributed by atoms with van der Waals surface area (Å²) in [5.41, 5.74) is 2.34. The molecule has 1 N–H and O–H groups in total. The van der Waals surface area contributed by atoms with Crippen LogP contribution in [0.4, 0.5) is 5.13 Å². The molecule has 1 saturated heterocycles. The van der Waals surface area contributed by atoms with Crippen LogP contribution in [0.2, 0.25) is 0 Å². The van der Waals surface area contributed by atoms with Crippen LogP contribution in [0.25, 0.3) is 10.3 Å². The van der Waals surface area contributed by atoms with E-state index in [0.717, 1.165) is 23.2 Å². The lowest BCUT2D eigenvalue weighted by Crippen LogP contribution is -2.38. The Bertz CT molecular complexity index is 980. The molecule has 3 aromatic heterocycles. The van der Waals surface area contributed by atoms with Gasteiger partial charge in [-0.25, -0.2) is 4.98 Å². The van der Waals surface area contributed by atoms with Gasteiger partial charge in [-0.3, -0.25) is 14.6 Å². The first-order chi connectivity index (χ1) is 13.1. The van der Waals surface area contributed by atoms with Gasteiger partial charge in [-0.05, 0) is 37.1 Å². The lowest BCUT2D eigenvalue weighted by molar-refractivity contribution is -0.114. The number of piperidine rings is 1. The summed E-state index contributed by atoms with van der Waals surface area (Å²) in [6, 6.07) is 7.54. The van der Waals surface area contributed by atoms with E-state index in [1.807, 2.05) is 17.0 Å². The number of rotatable bonds is 3. The van der Waals surface area contributed by atoms with Crippen molar-refractivity contribution in [3.8, 4) is 0 Å². The average molecular weight is 381 g/mol. The Morgan fingerprint density at radius 2 is 1.85 bits per heavy atom. The van der Waals surface area contributed by atoms with E-state index < -0.39 is 0 Å². The lowest BCUT2D eigenvalue weighted by atomic mass is 9.92. The standard InChI is InChI=1S/C19H19N5O2S/c1-12(25)21-19-23-17-16(27-19)3-2-15(22-17)13-6-10-24(11-7-13)18(26)14-4-8-20-9-5-14/h2-5,8-9,13H,6-7,10-11H2,1H3,(H,21,22,23,25). The van der Waals surface area contributed by atoms with Crippen LogP contribution in [-0.2, 0) is 4.79 Å². The normalized spacial score (nSPS) is 15.1. The third-order valence-electron chi connectivity index (χ3n) is 4.69. The molecule has 0 aliphatic carbocycles. The number of carbonyl (C=O) groups excluding carboxylic acids is 2. The smallest absolute Gasteiger partial charge is 0.253 e. The second-order valence-corrected chi connectivity index (χ2v) is 7.59. The number of fused-ring (bicyclic) bond motifs is 1. The molecule has 7 nitrogen and oxygen atoms in total. The Hall–Kier alpha value is -2.87. The van der Waals surface area contributed by atoms with Crippen LogP contribution in [0.15, 0.2) is 36.7 Å². The minimum absolute atomic E-state index is 0.0544. The van der Waals surface area contributed by atoms with E-state index >= 15 is 0 Å². The van der Waals surface area contributed by atoms with Crippen LogP contribution in [-0.4, -0.2) is 44.8 Å². The van der Waals surface area contributed by atoms with Gasteiger partial charge in [0.1, 0.15) is 0 Å². The van der Waals surface area contributed by atoms with Crippen molar-refractivity contribution in [1.29, 1.82) is 0 Å². The molecule has 1 aliphatic heterocycles. The highest BCUT2D eigenvalue weighted by atomic mass is 32.1. The van der Waals surface area contributed by atoms with E-state index in [2.05, 4.69) is 15.3 Å². The fourth-order valence-electron chi connectivity index (χ4n) is 3.32. The first-order valence-corrected chi connectivity index (χ1v) is 9.66. The third kappa shape index (κ3) is 3.80. The molecule has 4 rings (SSSR count). The van der Waals surface area contributed by atoms with E-state index in [1.54, 1.807) is 24.5 Å². The van der Waals surface area contributed by atoms with E-state index in [1.165, 1.54) is 18.3 Å². The summed E-state index contributed by atoms with van der Waals surface area (Å²) in [6.45, 7) is 2.88. The fraction of sp³-hybridized carbons (Fsp3) is 0.316. The van der Waals surface area contributed by atoms with Crippen LogP contribution >= 0.6 is 11.3 Å². The third-order valence-corrected chi connectivity index (χ3v) is 5.61. The van der Waals surface area contributed by atoms with Gasteiger partial charge in [0.25, 0.3) is 5.91 Å². The van der Waals surface area contributed by atoms with Gasteiger partial charge in [0.2, 0.25) is 5.91 Å². The summed E-state index contributed by atoms with van der Waals surface area (Å²) in [7, 11) is 0. The number of hydrogen-bond acceptors (Lipinski definition) is 6. The quantitative estimate of drug-likeness (QED) is 0.753. The number of likely N-dealkylation sites (tertiary alicyclic amines) is 1. The van der Waals surface area contributed by atoms with Crippen molar-refractivity contribution < 1.29 is 9.59 Å². The number of aromatic nitrogens is 3. The van der Waals surface area contributed by atoms with Gasteiger partial charge in [0.15, 0.2) is 10.8 Å². The van der Waals surface area contributed by atoms with Gasteiger partial charge in [-0.15, -0.1) is 0 Å². The van der Waals surface area contributed by atoms with Crippen LogP contribution in [0.5, 0.6) is 0 Å². The molecule has 138 valence electrons. The zero-order valence-corrected chi connectivity index (χ0v) is 15.7. The Balaban J connectivity index is 1.44. The number of thiazole rings is 1. The molecule has 8 heteroatoms. The number of pyridine rings is 2. The Morgan fingerprint density at radius 1 is 1.11 bits per heavy atom. The van der Waals surface area contributed by atoms with Crippen LogP contribution < -0.4 is 5.32 Å². The maximum absolute atomic E-state index is 12.5. The SMILES string of the molecule is CC(=O)Nc1nc2nc(C3CCN(C(=O)c4ccncc4)CC3)ccc2s1. The second kappa shape index (κ2) is 7.40. The molecule has 0 radical (unpaired) electrons. The summed E-state index contributed by atoms with van der Waals surface area (Å²) >= 11 is 1.42. The molecule has 27 heavy (non-hydrogen) atoms. The highest BCUT2D eigenvalue weighted by Gasteiger charge is 2.25. The summed E-state index contributed by atoms with van der Waals surface area (Å²) < 4.78 is 0.952. The van der Waals surface area contributed by atoms with E-state index in [9.17, 15) is 9.59 Å². The van der Waals surface area contributed by atoms with Crippen molar-refractivity contribution in [1.82, 2.24) is 19.9 Å². The van der Waals surface area contributed by atoms with Crippen molar-refractivity contribution in [3.05, 3.63) is 47.9 Å². The zero-order chi connectivity index (χ0) is 18.8. The minimum atomic E-state index is -0.138. The highest BCUT2D eigenvalue weighted by molar-refractivity contribution is 7.22. The zero-order valence-electron chi connectivity index (χ0n) is 14.9. The van der Waals surface area contributed by atoms with Crippen molar-refractivity contribution in [2.45, 2.75) is 25.7 Å². The molecule has 0 spiro atoms. The molecular weight excluding hydrogens is 362 g/mol. The molecule has 0 unspecified atom stereocenters. The predicted molar refractivity (Wildman–Crippen MR) is 104 cm³/mol. The molecule has 3 aromatic rings. The Labute approximate surface area is 160 Å². The van der Waals surface area contributed by atoms with Gasteiger partial charge >= 0.3 is 0 Å². The van der Waals surface area contributed by atoms with E-state index in [0.29, 0.717) is 35.3 Å². The van der Waals surface area contributed by atoms with Crippen molar-refractivity contribution in [3.63, 3.8) is 0 Å². The van der Waals surface area contributed by atoms with E-state index in [4.69, 9.17) is 4.98 Å². The number of nitrogens with zero attached hydrogens (tertiary/aromatic N) is 4. The number of anilines is 1. The Kier molecular flexibility index (Phi) is 4.81. The Morgan fingerprint density at radius 3 is 2.56 bits per heavy atom. The molecule has 4 heterocycles. The molecular formula is C19H19N5O2S. The fourth-order valence-corrected chi connectivity index (χ4v) is 4.17. The van der Waals surface area contributed by atoms with Gasteiger partial charge in [-0.1, -0.05) is 11.3 Å². The minimum Gasteiger partial charge on any atom is -0.339 e. The number of carbonyl (C=O) groups is 2. The van der Waals surface area contributed by atoms with E-state index in [-0.39, 0.29) is 11.8 Å². The second-order valence-electron chi connectivity index (χ2n) is 6.56. The van der Waals surface area contributed by atoms with Gasteiger partial charge in [0, 0.05) is 49.6 Å². The average Bonchev–Trinajstić information content (AvgIpc) is 3.09. The summed E-state index contributed by atoms with van der Waals surface area (Å²) in [4.78, 5) is 38.7. The number of nitrogens with one attached hydrogen (secondary N) is 1. The predicted octanol–water partition coefficient (Wildman–Crippen LogP) is 3.06. The molecule has 0 saturated carbocycles. The molecule has 0 bridgehead atoms. The molecule has 2 amide bonds. The van der Waals surface area contributed by atoms with Gasteiger partial charge in [-0.2, -0.15) is 4.98 Å². The largest absolute Gasteiger partial charge is 0.339 e. The van der Waals surface area contributed by atoms with Gasteiger partial charge in [0.05, 0.1) is 4.70 Å². The maximum atomic E-state index is 12.5. The first kappa shape index (κ1) is 17.5. The van der Waals surface area contributed by atoms with Crippen molar-refractivity contribution in [2.24, 2.45) is 0 Å². The lowest BCUT2D eigenvalue weighted by Gasteiger charge is -2.31. The topological polar surface area (TPSA) is 88.1 Å². The summed E-state index contributed by atoms with van der Waals surface area (Å²) in [6.07, 6.45) is 5.03. The first-order valence-electron chi connectivity index (χ1n) is 8.84. The number of hydrogen-bond donors (Lipinski definition) is 1.